The van der Waals surface area contributed by atoms with E-state index in [9.17, 15) is 10.2 Å². The maximum absolute atomic E-state index is 10.5. The monoisotopic (exact) mass is 488 g/mol. The van der Waals surface area contributed by atoms with Gasteiger partial charge in [0, 0.05) is 16.3 Å². The standard InChI is InChI=1S/C25H17BrN2O4/c1-31-23-11-17(26)8-16(24(23)30)13-27-18-6-7-22-20(12-18)28-25(32-22)19-9-14-4-2-3-5-15(14)10-21(19)29/h2-13,29-30H,1H3. The lowest BCUT2D eigenvalue weighted by Gasteiger charge is -2.06. The number of methoxy groups -OCH3 is 1. The summed E-state index contributed by atoms with van der Waals surface area (Å²) < 4.78 is 11.8. The molecule has 7 heteroatoms. The number of rotatable bonds is 4. The normalized spacial score (nSPS) is 11.6. The summed E-state index contributed by atoms with van der Waals surface area (Å²) in [5, 5.41) is 22.7. The van der Waals surface area contributed by atoms with E-state index in [-0.39, 0.29) is 11.5 Å². The van der Waals surface area contributed by atoms with Crippen LogP contribution in [0.25, 0.3) is 33.3 Å². The highest BCUT2D eigenvalue weighted by Gasteiger charge is 2.14. The Bertz CT molecular complexity index is 1510. The van der Waals surface area contributed by atoms with Gasteiger partial charge >= 0.3 is 0 Å². The van der Waals surface area contributed by atoms with E-state index in [0.29, 0.717) is 39.6 Å². The fourth-order valence-corrected chi connectivity index (χ4v) is 3.96. The van der Waals surface area contributed by atoms with Gasteiger partial charge in [-0.05, 0) is 53.2 Å². The van der Waals surface area contributed by atoms with Crippen molar-refractivity contribution >= 4 is 49.7 Å². The molecule has 158 valence electrons. The summed E-state index contributed by atoms with van der Waals surface area (Å²) >= 11 is 3.40. The van der Waals surface area contributed by atoms with Gasteiger partial charge in [0.1, 0.15) is 11.3 Å². The average Bonchev–Trinajstić information content (AvgIpc) is 3.22. The molecule has 2 N–H and O–H groups in total. The van der Waals surface area contributed by atoms with Crippen LogP contribution < -0.4 is 4.74 Å². The third-order valence-corrected chi connectivity index (χ3v) is 5.57. The van der Waals surface area contributed by atoms with Crippen LogP contribution in [-0.4, -0.2) is 28.5 Å². The zero-order valence-corrected chi connectivity index (χ0v) is 18.5. The minimum absolute atomic E-state index is 0.0102. The van der Waals surface area contributed by atoms with Crippen molar-refractivity contribution in [2.75, 3.05) is 7.11 Å². The van der Waals surface area contributed by atoms with Gasteiger partial charge in [0.2, 0.25) is 5.89 Å². The second kappa shape index (κ2) is 8.01. The Morgan fingerprint density at radius 2 is 1.78 bits per heavy atom. The Hall–Kier alpha value is -3.84. The number of benzene rings is 4. The van der Waals surface area contributed by atoms with E-state index in [1.165, 1.54) is 7.11 Å². The lowest BCUT2D eigenvalue weighted by molar-refractivity contribution is 0.373. The number of aliphatic imine (C=N–C) groups is 1. The Kier molecular flexibility index (Phi) is 5.03. The summed E-state index contributed by atoms with van der Waals surface area (Å²) in [7, 11) is 1.49. The summed E-state index contributed by atoms with van der Waals surface area (Å²) in [4.78, 5) is 9.00. The first kappa shape index (κ1) is 20.1. The Labute approximate surface area is 191 Å². The summed E-state index contributed by atoms with van der Waals surface area (Å²) in [5.74, 6) is 0.801. The Morgan fingerprint density at radius 1 is 1.00 bits per heavy atom. The number of nitrogens with zero attached hydrogens (tertiary/aromatic N) is 2. The number of fused-ring (bicyclic) bond motifs is 2. The third kappa shape index (κ3) is 3.67. The molecule has 1 heterocycles. The molecule has 1 aromatic heterocycles. The van der Waals surface area contributed by atoms with Crippen molar-refractivity contribution in [1.29, 1.82) is 0 Å². The molecule has 0 aliphatic carbocycles. The topological polar surface area (TPSA) is 88.1 Å². The fraction of sp³-hybridized carbons (Fsp3) is 0.0400. The number of aromatic nitrogens is 1. The molecule has 0 aliphatic heterocycles. The number of phenolic OH excluding ortho intramolecular Hbond substituents is 2. The highest BCUT2D eigenvalue weighted by molar-refractivity contribution is 9.10. The van der Waals surface area contributed by atoms with Crippen LogP contribution >= 0.6 is 15.9 Å². The maximum Gasteiger partial charge on any atom is 0.231 e. The molecule has 0 fully saturated rings. The van der Waals surface area contributed by atoms with Crippen LogP contribution in [0, 0.1) is 0 Å². The lowest BCUT2D eigenvalue weighted by atomic mass is 10.1. The lowest BCUT2D eigenvalue weighted by Crippen LogP contribution is -1.89. The fourth-order valence-electron chi connectivity index (χ4n) is 3.50. The van der Waals surface area contributed by atoms with Crippen LogP contribution in [0.4, 0.5) is 5.69 Å². The van der Waals surface area contributed by atoms with Crippen molar-refractivity contribution in [3.8, 4) is 28.7 Å². The summed E-state index contributed by atoms with van der Waals surface area (Å²) in [6.45, 7) is 0. The van der Waals surface area contributed by atoms with Crippen LogP contribution in [0.5, 0.6) is 17.2 Å². The summed E-state index contributed by atoms with van der Waals surface area (Å²) in [6.07, 6.45) is 1.56. The molecule has 0 aliphatic rings. The largest absolute Gasteiger partial charge is 0.507 e. The van der Waals surface area contributed by atoms with Crippen molar-refractivity contribution in [3.63, 3.8) is 0 Å². The number of phenols is 2. The SMILES string of the molecule is COc1cc(Br)cc(C=Nc2ccc3oc(-c4cc5ccccc5cc4O)nc3c2)c1O. The second-order valence-corrected chi connectivity index (χ2v) is 8.11. The molecule has 32 heavy (non-hydrogen) atoms. The molecule has 5 aromatic rings. The molecule has 6 nitrogen and oxygen atoms in total. The molecular weight excluding hydrogens is 472 g/mol. The van der Waals surface area contributed by atoms with Gasteiger partial charge in [-0.25, -0.2) is 4.98 Å². The minimum atomic E-state index is 0.0102. The van der Waals surface area contributed by atoms with E-state index >= 15 is 0 Å². The first-order valence-electron chi connectivity index (χ1n) is 9.75. The van der Waals surface area contributed by atoms with Crippen molar-refractivity contribution in [3.05, 3.63) is 76.8 Å². The van der Waals surface area contributed by atoms with E-state index in [4.69, 9.17) is 9.15 Å². The molecule has 0 saturated heterocycles. The number of oxazole rings is 1. The zero-order chi connectivity index (χ0) is 22.2. The average molecular weight is 489 g/mol. The van der Waals surface area contributed by atoms with Gasteiger partial charge < -0.3 is 19.4 Å². The van der Waals surface area contributed by atoms with Crippen molar-refractivity contribution in [2.45, 2.75) is 0 Å². The predicted molar refractivity (Wildman–Crippen MR) is 128 cm³/mol. The smallest absolute Gasteiger partial charge is 0.231 e. The predicted octanol–water partition coefficient (Wildman–Crippen LogP) is 6.58. The maximum atomic E-state index is 10.5. The van der Waals surface area contributed by atoms with E-state index in [1.54, 1.807) is 42.6 Å². The highest BCUT2D eigenvalue weighted by Crippen LogP contribution is 2.36. The van der Waals surface area contributed by atoms with Crippen LogP contribution in [0.1, 0.15) is 5.56 Å². The molecule has 0 atom stereocenters. The quantitative estimate of drug-likeness (QED) is 0.279. The van der Waals surface area contributed by atoms with E-state index in [1.807, 2.05) is 30.3 Å². The number of hydrogen-bond donors (Lipinski definition) is 2. The zero-order valence-electron chi connectivity index (χ0n) is 16.9. The minimum Gasteiger partial charge on any atom is -0.507 e. The van der Waals surface area contributed by atoms with Gasteiger partial charge in [0.05, 0.1) is 18.4 Å². The van der Waals surface area contributed by atoms with Crippen LogP contribution in [0.3, 0.4) is 0 Å². The molecule has 0 amide bonds. The molecule has 0 bridgehead atoms. The second-order valence-electron chi connectivity index (χ2n) is 7.19. The van der Waals surface area contributed by atoms with E-state index < -0.39 is 0 Å². The first-order chi connectivity index (χ1) is 15.5. The molecule has 4 aromatic carbocycles. The van der Waals surface area contributed by atoms with Crippen LogP contribution in [-0.2, 0) is 0 Å². The van der Waals surface area contributed by atoms with Gasteiger partial charge in [-0.3, -0.25) is 4.99 Å². The molecule has 0 saturated carbocycles. The summed E-state index contributed by atoms with van der Waals surface area (Å²) in [5.41, 5.74) is 2.87. The number of halogens is 1. The summed E-state index contributed by atoms with van der Waals surface area (Å²) in [6, 6.07) is 20.1. The molecular formula is C25H17BrN2O4. The molecule has 0 radical (unpaired) electrons. The van der Waals surface area contributed by atoms with Crippen molar-refractivity contribution < 1.29 is 19.4 Å². The number of ether oxygens (including phenoxy) is 1. The highest BCUT2D eigenvalue weighted by atomic mass is 79.9. The van der Waals surface area contributed by atoms with Crippen LogP contribution in [0.2, 0.25) is 0 Å². The van der Waals surface area contributed by atoms with Gasteiger partial charge in [-0.2, -0.15) is 0 Å². The number of aromatic hydroxyl groups is 2. The number of hydrogen-bond acceptors (Lipinski definition) is 6. The van der Waals surface area contributed by atoms with E-state index in [2.05, 4.69) is 25.9 Å². The molecule has 0 spiro atoms. The van der Waals surface area contributed by atoms with Crippen molar-refractivity contribution in [2.24, 2.45) is 4.99 Å². The van der Waals surface area contributed by atoms with Crippen molar-refractivity contribution in [1.82, 2.24) is 4.98 Å². The van der Waals surface area contributed by atoms with E-state index in [0.717, 1.165) is 15.2 Å². The Balaban J connectivity index is 1.51. The third-order valence-electron chi connectivity index (χ3n) is 5.11. The molecule has 5 rings (SSSR count). The Morgan fingerprint density at radius 3 is 2.56 bits per heavy atom. The first-order valence-corrected chi connectivity index (χ1v) is 10.5. The van der Waals surface area contributed by atoms with Gasteiger partial charge in [0.15, 0.2) is 17.1 Å². The van der Waals surface area contributed by atoms with Crippen LogP contribution in [0.15, 0.2) is 80.6 Å². The molecule has 0 unspecified atom stereocenters. The van der Waals surface area contributed by atoms with Gasteiger partial charge in [-0.1, -0.05) is 40.2 Å². The van der Waals surface area contributed by atoms with Gasteiger partial charge in [0.25, 0.3) is 0 Å². The van der Waals surface area contributed by atoms with Gasteiger partial charge in [-0.15, -0.1) is 0 Å².